The maximum absolute atomic E-state index is 11.4. The molecule has 30 heavy (non-hydrogen) atoms. The number of urea groups is 2. The number of ether oxygens (including phenoxy) is 2. The van der Waals surface area contributed by atoms with Gasteiger partial charge in [-0.3, -0.25) is 14.8 Å². The zero-order chi connectivity index (χ0) is 22.4. The third kappa shape index (κ3) is 10.4. The molecular formula is C19H41N7O4. The molecule has 2 rings (SSSR count). The molecule has 11 nitrogen and oxygen atoms in total. The third-order valence-electron chi connectivity index (χ3n) is 5.31. The Kier molecular flexibility index (Phi) is 13.4. The summed E-state index contributed by atoms with van der Waals surface area (Å²) in [5.74, 6) is 5.76. The lowest BCUT2D eigenvalue weighted by atomic mass is 10.2. The number of hydrogen-bond donors (Lipinski definition) is 4. The van der Waals surface area contributed by atoms with Gasteiger partial charge < -0.3 is 25.8 Å². The molecule has 2 fully saturated rings. The van der Waals surface area contributed by atoms with Crippen LogP contribution >= 0.6 is 0 Å². The highest BCUT2D eigenvalue weighted by Crippen LogP contribution is 2.05. The topological polar surface area (TPSA) is 138 Å². The lowest BCUT2D eigenvalue weighted by Gasteiger charge is -2.33. The summed E-state index contributed by atoms with van der Waals surface area (Å²) in [5.41, 5.74) is 5.08. The van der Waals surface area contributed by atoms with E-state index in [4.69, 9.17) is 21.1 Å². The van der Waals surface area contributed by atoms with Crippen molar-refractivity contribution in [1.82, 2.24) is 25.4 Å². The summed E-state index contributed by atoms with van der Waals surface area (Å²) in [6, 6.07) is -0.464. The number of nitrogens with zero attached hydrogens (tertiary/aromatic N) is 3. The van der Waals surface area contributed by atoms with Crippen molar-refractivity contribution in [1.29, 1.82) is 0 Å². The van der Waals surface area contributed by atoms with Crippen molar-refractivity contribution in [3.63, 3.8) is 0 Å². The predicted molar refractivity (Wildman–Crippen MR) is 116 cm³/mol. The number of hydrogen-bond acceptors (Lipinski definition) is 7. The molecule has 0 spiro atoms. The molecule has 2 heterocycles. The molecule has 2 unspecified atom stereocenters. The average Bonchev–Trinajstić information content (AvgIpc) is 2.77. The van der Waals surface area contributed by atoms with Crippen molar-refractivity contribution >= 4 is 12.1 Å². The zero-order valence-electron chi connectivity index (χ0n) is 18.8. The van der Waals surface area contributed by atoms with Crippen molar-refractivity contribution in [2.24, 2.45) is 11.6 Å². The number of primary amides is 1. The van der Waals surface area contributed by atoms with Gasteiger partial charge in [-0.2, -0.15) is 0 Å². The fourth-order valence-electron chi connectivity index (χ4n) is 3.36. The van der Waals surface area contributed by atoms with E-state index in [9.17, 15) is 9.59 Å². The van der Waals surface area contributed by atoms with Crippen molar-refractivity contribution in [3.05, 3.63) is 0 Å². The minimum Gasteiger partial charge on any atom is -0.379 e. The fraction of sp³-hybridized carbons (Fsp3) is 0.895. The summed E-state index contributed by atoms with van der Waals surface area (Å²) in [7, 11) is 1.59. The minimum atomic E-state index is -0.440. The van der Waals surface area contributed by atoms with Crippen LogP contribution in [0, 0.1) is 0 Å². The van der Waals surface area contributed by atoms with Crippen molar-refractivity contribution in [2.75, 3.05) is 72.7 Å². The first kappa shape index (κ1) is 26.4. The fourth-order valence-corrected chi connectivity index (χ4v) is 3.36. The molecule has 0 aromatic heterocycles. The Bertz CT molecular complexity index is 486. The molecule has 0 aromatic carbocycles. The Morgan fingerprint density at radius 3 is 1.87 bits per heavy atom. The van der Waals surface area contributed by atoms with Gasteiger partial charge in [0.1, 0.15) is 0 Å². The Hall–Kier alpha value is -1.66. The van der Waals surface area contributed by atoms with Crippen LogP contribution in [0.5, 0.6) is 0 Å². The Balaban J connectivity index is 0.000000303. The number of rotatable bonds is 8. The van der Waals surface area contributed by atoms with E-state index < -0.39 is 6.03 Å². The predicted octanol–water partition coefficient (Wildman–Crippen LogP) is -0.622. The molecule has 2 saturated heterocycles. The molecule has 0 aromatic rings. The molecular weight excluding hydrogens is 390 g/mol. The van der Waals surface area contributed by atoms with Gasteiger partial charge in [0.2, 0.25) is 0 Å². The van der Waals surface area contributed by atoms with Crippen LogP contribution in [0.25, 0.3) is 0 Å². The lowest BCUT2D eigenvalue weighted by Crippen LogP contribution is -2.54. The molecule has 4 amide bonds. The van der Waals surface area contributed by atoms with Crippen LogP contribution in [0.1, 0.15) is 26.7 Å². The Morgan fingerprint density at radius 2 is 1.47 bits per heavy atom. The highest BCUT2D eigenvalue weighted by Gasteiger charge is 2.22. The third-order valence-corrected chi connectivity index (χ3v) is 5.31. The second kappa shape index (κ2) is 15.2. The van der Waals surface area contributed by atoms with E-state index in [1.165, 1.54) is 5.01 Å². The molecule has 2 aliphatic rings. The quantitative estimate of drug-likeness (QED) is 0.228. The van der Waals surface area contributed by atoms with E-state index in [1.807, 2.05) is 13.8 Å². The normalized spacial score (nSPS) is 19.7. The molecule has 2 atom stereocenters. The van der Waals surface area contributed by atoms with E-state index in [-0.39, 0.29) is 18.1 Å². The first-order valence-electron chi connectivity index (χ1n) is 10.8. The summed E-state index contributed by atoms with van der Waals surface area (Å²) in [5, 5.41) is 6.56. The van der Waals surface area contributed by atoms with Gasteiger partial charge in [-0.1, -0.05) is 13.8 Å². The van der Waals surface area contributed by atoms with E-state index >= 15 is 0 Å². The number of nitrogens with one attached hydrogen (secondary N) is 2. The average molecular weight is 432 g/mol. The van der Waals surface area contributed by atoms with Gasteiger partial charge in [0, 0.05) is 52.4 Å². The molecule has 176 valence electrons. The SMILES string of the molecule is CCC(CN1CCOCC1)N(N)C(=O)NC.CCC(CN1CCOCC1)NC(N)=O. The second-order valence-electron chi connectivity index (χ2n) is 7.46. The first-order valence-corrected chi connectivity index (χ1v) is 10.8. The Labute approximate surface area is 180 Å². The molecule has 0 aliphatic carbocycles. The maximum Gasteiger partial charge on any atom is 0.331 e. The number of amides is 4. The summed E-state index contributed by atoms with van der Waals surface area (Å²) < 4.78 is 10.5. The van der Waals surface area contributed by atoms with Crippen LogP contribution < -0.4 is 22.2 Å². The van der Waals surface area contributed by atoms with Crippen molar-refractivity contribution < 1.29 is 19.1 Å². The van der Waals surface area contributed by atoms with Crippen LogP contribution in [0.2, 0.25) is 0 Å². The van der Waals surface area contributed by atoms with Crippen LogP contribution in [0.3, 0.4) is 0 Å². The maximum atomic E-state index is 11.4. The van der Waals surface area contributed by atoms with E-state index in [1.54, 1.807) is 7.05 Å². The number of carbonyl (C=O) groups is 2. The van der Waals surface area contributed by atoms with Crippen molar-refractivity contribution in [3.8, 4) is 0 Å². The summed E-state index contributed by atoms with van der Waals surface area (Å²) in [6.07, 6.45) is 1.75. The molecule has 0 bridgehead atoms. The minimum absolute atomic E-state index is 0.0537. The first-order chi connectivity index (χ1) is 14.4. The molecule has 6 N–H and O–H groups in total. The van der Waals surface area contributed by atoms with Crippen molar-refractivity contribution in [2.45, 2.75) is 38.8 Å². The monoisotopic (exact) mass is 431 g/mol. The van der Waals surface area contributed by atoms with Gasteiger partial charge in [-0.05, 0) is 12.8 Å². The lowest BCUT2D eigenvalue weighted by molar-refractivity contribution is 0.0257. The standard InChI is InChI=1S/C10H22N4O2.C9H19N3O2/c1-3-9(14(11)10(15)12-2)8-13-4-6-16-7-5-13;1-2-8(11-9(10)13)7-12-3-5-14-6-4-12/h9H,3-8,11H2,1-2H3,(H,12,15);8H,2-7H2,1H3,(H3,10,11,13). The number of hydrazine groups is 1. The van der Waals surface area contributed by atoms with Crippen LogP contribution in [-0.4, -0.2) is 112 Å². The van der Waals surface area contributed by atoms with E-state index in [0.29, 0.717) is 0 Å². The van der Waals surface area contributed by atoms with Gasteiger partial charge in [-0.15, -0.1) is 0 Å². The highest BCUT2D eigenvalue weighted by molar-refractivity contribution is 5.73. The number of morpholine rings is 2. The summed E-state index contributed by atoms with van der Waals surface area (Å²) >= 11 is 0. The van der Waals surface area contributed by atoms with Gasteiger partial charge in [0.05, 0.1) is 32.5 Å². The van der Waals surface area contributed by atoms with Gasteiger partial charge >= 0.3 is 12.1 Å². The zero-order valence-corrected chi connectivity index (χ0v) is 18.8. The van der Waals surface area contributed by atoms with Gasteiger partial charge in [0.25, 0.3) is 0 Å². The number of carbonyl (C=O) groups excluding carboxylic acids is 2. The van der Waals surface area contributed by atoms with Crippen LogP contribution in [0.15, 0.2) is 0 Å². The molecule has 0 radical (unpaired) electrons. The molecule has 0 saturated carbocycles. The Morgan fingerprint density at radius 1 is 0.967 bits per heavy atom. The van der Waals surface area contributed by atoms with E-state index in [2.05, 4.69) is 20.4 Å². The van der Waals surface area contributed by atoms with Gasteiger partial charge in [-0.25, -0.2) is 15.4 Å². The second-order valence-corrected chi connectivity index (χ2v) is 7.46. The largest absolute Gasteiger partial charge is 0.379 e. The summed E-state index contributed by atoms with van der Waals surface area (Å²) in [6.45, 7) is 12.6. The molecule has 11 heteroatoms. The molecule has 2 aliphatic heterocycles. The van der Waals surface area contributed by atoms with Crippen LogP contribution in [0.4, 0.5) is 9.59 Å². The summed E-state index contributed by atoms with van der Waals surface area (Å²) in [4.78, 5) is 26.6. The number of nitrogens with two attached hydrogens (primary N) is 2. The smallest absolute Gasteiger partial charge is 0.331 e. The highest BCUT2D eigenvalue weighted by atomic mass is 16.5. The van der Waals surface area contributed by atoms with Crippen LogP contribution in [-0.2, 0) is 9.47 Å². The van der Waals surface area contributed by atoms with Gasteiger partial charge in [0.15, 0.2) is 0 Å². The van der Waals surface area contributed by atoms with E-state index in [0.717, 1.165) is 78.5 Å².